The Labute approximate surface area is 209 Å². The number of benzene rings is 3. The second-order valence-electron chi connectivity index (χ2n) is 7.69. The van der Waals surface area contributed by atoms with Gasteiger partial charge >= 0.3 is 0 Å². The molecule has 4 rings (SSSR count). The molecule has 0 spiro atoms. The number of fused-ring (bicyclic) bond motifs is 1. The van der Waals surface area contributed by atoms with Gasteiger partial charge in [0.1, 0.15) is 17.2 Å². The summed E-state index contributed by atoms with van der Waals surface area (Å²) in [5.41, 5.74) is 2.68. The van der Waals surface area contributed by atoms with Gasteiger partial charge in [0.2, 0.25) is 0 Å². The molecule has 4 nitrogen and oxygen atoms in total. The van der Waals surface area contributed by atoms with Gasteiger partial charge in [-0.15, -0.1) is 11.3 Å². The fraction of sp³-hybridized carbons (Fsp3) is 0.100. The predicted molar refractivity (Wildman–Crippen MR) is 146 cm³/mol. The van der Waals surface area contributed by atoms with Crippen molar-refractivity contribution in [1.82, 2.24) is 0 Å². The molecule has 0 N–H and O–H groups in total. The second-order valence-corrected chi connectivity index (χ2v) is 8.81. The average molecular weight is 483 g/mol. The highest BCUT2D eigenvalue weighted by atomic mass is 32.1. The lowest BCUT2D eigenvalue weighted by atomic mass is 10.0. The molecule has 0 saturated heterocycles. The smallest absolute Gasteiger partial charge is 0.178 e. The van der Waals surface area contributed by atoms with Crippen molar-refractivity contribution in [3.63, 3.8) is 0 Å². The van der Waals surface area contributed by atoms with Crippen molar-refractivity contribution in [2.75, 3.05) is 21.3 Å². The van der Waals surface area contributed by atoms with Gasteiger partial charge in [0.25, 0.3) is 0 Å². The van der Waals surface area contributed by atoms with Gasteiger partial charge in [-0.2, -0.15) is 0 Å². The Kier molecular flexibility index (Phi) is 7.81. The Morgan fingerprint density at radius 2 is 1.49 bits per heavy atom. The molecule has 0 aliphatic carbocycles. The van der Waals surface area contributed by atoms with Crippen LogP contribution in [0.2, 0.25) is 0 Å². The minimum Gasteiger partial charge on any atom is -0.497 e. The number of ether oxygens (including phenoxy) is 3. The van der Waals surface area contributed by atoms with E-state index in [0.29, 0.717) is 11.5 Å². The minimum absolute atomic E-state index is 0.106. The summed E-state index contributed by atoms with van der Waals surface area (Å²) in [7, 11) is 4.86. The zero-order valence-corrected chi connectivity index (χ0v) is 20.7. The maximum atomic E-state index is 12.6. The molecule has 0 amide bonds. The maximum Gasteiger partial charge on any atom is 0.178 e. The molecule has 0 atom stereocenters. The molecular formula is C30H26O4S. The van der Waals surface area contributed by atoms with Crippen LogP contribution in [0.3, 0.4) is 0 Å². The van der Waals surface area contributed by atoms with E-state index in [-0.39, 0.29) is 5.78 Å². The number of methoxy groups -OCH3 is 3. The lowest BCUT2D eigenvalue weighted by Gasteiger charge is -2.11. The Balaban J connectivity index is 1.59. The molecule has 0 radical (unpaired) electrons. The summed E-state index contributed by atoms with van der Waals surface area (Å²) in [4.78, 5) is 13.7. The number of allylic oxidation sites excluding steroid dienone is 2. The van der Waals surface area contributed by atoms with Crippen LogP contribution in [0, 0.1) is 0 Å². The number of hydrogen-bond donors (Lipinski definition) is 0. The van der Waals surface area contributed by atoms with E-state index < -0.39 is 0 Å². The van der Waals surface area contributed by atoms with Crippen molar-refractivity contribution >= 4 is 51.5 Å². The van der Waals surface area contributed by atoms with Crippen molar-refractivity contribution in [3.8, 4) is 17.2 Å². The first-order valence-corrected chi connectivity index (χ1v) is 11.9. The molecule has 0 saturated carbocycles. The zero-order valence-electron chi connectivity index (χ0n) is 19.9. The molecule has 0 unspecified atom stereocenters. The van der Waals surface area contributed by atoms with Gasteiger partial charge in [0.05, 0.1) is 21.3 Å². The van der Waals surface area contributed by atoms with Crippen LogP contribution in [0.15, 0.2) is 78.9 Å². The van der Waals surface area contributed by atoms with Gasteiger partial charge in [-0.05, 0) is 71.1 Å². The van der Waals surface area contributed by atoms with Crippen molar-refractivity contribution in [2.45, 2.75) is 0 Å². The maximum absolute atomic E-state index is 12.6. The molecule has 1 heterocycles. The van der Waals surface area contributed by atoms with Crippen LogP contribution in [-0.2, 0) is 4.79 Å². The summed E-state index contributed by atoms with van der Waals surface area (Å²) in [5, 5.41) is 1.18. The van der Waals surface area contributed by atoms with Gasteiger partial charge in [-0.1, -0.05) is 42.5 Å². The van der Waals surface area contributed by atoms with Crippen molar-refractivity contribution in [2.24, 2.45) is 0 Å². The number of carbonyl (C=O) groups is 1. The monoisotopic (exact) mass is 482 g/mol. The summed E-state index contributed by atoms with van der Waals surface area (Å²) >= 11 is 1.66. The van der Waals surface area contributed by atoms with E-state index in [1.54, 1.807) is 50.9 Å². The van der Waals surface area contributed by atoms with Gasteiger partial charge in [-0.25, -0.2) is 0 Å². The Hall–Kier alpha value is -4.09. The Morgan fingerprint density at radius 3 is 2.20 bits per heavy atom. The number of carbonyl (C=O) groups excluding carboxylic acids is 1. The van der Waals surface area contributed by atoms with E-state index in [9.17, 15) is 4.79 Å². The zero-order chi connectivity index (χ0) is 24.6. The van der Waals surface area contributed by atoms with Crippen molar-refractivity contribution < 1.29 is 19.0 Å². The van der Waals surface area contributed by atoms with E-state index in [4.69, 9.17) is 14.2 Å². The molecule has 35 heavy (non-hydrogen) atoms. The molecule has 5 heteroatoms. The number of hydrogen-bond acceptors (Lipinski definition) is 5. The van der Waals surface area contributed by atoms with Crippen molar-refractivity contribution in [3.05, 3.63) is 100 Å². The lowest BCUT2D eigenvalue weighted by molar-refractivity contribution is -0.110. The molecule has 0 fully saturated rings. The van der Waals surface area contributed by atoms with Crippen LogP contribution < -0.4 is 14.2 Å². The molecule has 176 valence electrons. The number of thiophene rings is 1. The quantitative estimate of drug-likeness (QED) is 0.184. The third kappa shape index (κ3) is 6.08. The van der Waals surface area contributed by atoms with Gasteiger partial charge in [-0.3, -0.25) is 4.79 Å². The van der Waals surface area contributed by atoms with Crippen LogP contribution in [0.5, 0.6) is 17.2 Å². The number of ketones is 1. The van der Waals surface area contributed by atoms with Crippen molar-refractivity contribution in [1.29, 1.82) is 0 Å². The Morgan fingerprint density at radius 1 is 0.743 bits per heavy atom. The fourth-order valence-electron chi connectivity index (χ4n) is 3.60. The molecule has 0 bridgehead atoms. The topological polar surface area (TPSA) is 44.8 Å². The summed E-state index contributed by atoms with van der Waals surface area (Å²) in [6.45, 7) is 0. The van der Waals surface area contributed by atoms with Crippen LogP contribution in [0.1, 0.15) is 21.6 Å². The highest BCUT2D eigenvalue weighted by Gasteiger charge is 2.09. The third-order valence-electron chi connectivity index (χ3n) is 5.45. The summed E-state index contributed by atoms with van der Waals surface area (Å²) in [5.74, 6) is 1.99. The first-order valence-electron chi connectivity index (χ1n) is 11.1. The van der Waals surface area contributed by atoms with E-state index in [2.05, 4.69) is 18.2 Å². The lowest BCUT2D eigenvalue weighted by Crippen LogP contribution is -1.94. The summed E-state index contributed by atoms with van der Waals surface area (Å²) in [6, 6.07) is 21.8. The first-order chi connectivity index (χ1) is 17.1. The molecular weight excluding hydrogens is 456 g/mol. The third-order valence-corrected chi connectivity index (χ3v) is 6.53. The highest BCUT2D eigenvalue weighted by Crippen LogP contribution is 2.32. The van der Waals surface area contributed by atoms with Gasteiger partial charge in [0, 0.05) is 21.2 Å². The van der Waals surface area contributed by atoms with E-state index in [1.165, 1.54) is 10.1 Å². The van der Waals surface area contributed by atoms with Crippen LogP contribution in [0.4, 0.5) is 0 Å². The normalized spacial score (nSPS) is 11.6. The largest absolute Gasteiger partial charge is 0.497 e. The number of rotatable bonds is 9. The van der Waals surface area contributed by atoms with E-state index in [1.807, 2.05) is 66.8 Å². The van der Waals surface area contributed by atoms with Gasteiger partial charge in [0.15, 0.2) is 5.78 Å². The first kappa shape index (κ1) is 24.0. The molecule has 0 aliphatic rings. The SMILES string of the molecule is COc1ccc(/C=C/c2cc(OC)cc(OC)c2/C=C/C(=O)/C=C/c2cc3ccccc3s2)cc1. The summed E-state index contributed by atoms with van der Waals surface area (Å²) in [6.07, 6.45) is 10.7. The predicted octanol–water partition coefficient (Wildman–Crippen LogP) is 7.39. The van der Waals surface area contributed by atoms with E-state index >= 15 is 0 Å². The molecule has 3 aromatic carbocycles. The molecule has 1 aromatic heterocycles. The van der Waals surface area contributed by atoms with Gasteiger partial charge < -0.3 is 14.2 Å². The second kappa shape index (κ2) is 11.4. The van der Waals surface area contributed by atoms with Crippen LogP contribution >= 0.6 is 11.3 Å². The van der Waals surface area contributed by atoms with Crippen LogP contribution in [0.25, 0.3) is 34.4 Å². The Bertz CT molecular complexity index is 1380. The van der Waals surface area contributed by atoms with E-state index in [0.717, 1.165) is 27.3 Å². The fourth-order valence-corrected chi connectivity index (χ4v) is 4.56. The standard InChI is InChI=1S/C30H26O4S/c1-32-25-14-9-21(10-15-25)8-11-22-18-26(33-2)20-29(34-3)28(22)17-13-24(31)12-16-27-19-23-6-4-5-7-30(23)35-27/h4-20H,1-3H3/b11-8+,16-12+,17-13+. The minimum atomic E-state index is -0.106. The highest BCUT2D eigenvalue weighted by molar-refractivity contribution is 7.19. The summed E-state index contributed by atoms with van der Waals surface area (Å²) < 4.78 is 17.5. The molecule has 0 aliphatic heterocycles. The average Bonchev–Trinajstić information content (AvgIpc) is 3.32. The van der Waals surface area contributed by atoms with Crippen LogP contribution in [-0.4, -0.2) is 27.1 Å². The molecule has 4 aromatic rings.